The van der Waals surface area contributed by atoms with Crippen molar-refractivity contribution in [1.82, 2.24) is 5.32 Å². The average Bonchev–Trinajstić information content (AvgIpc) is 2.92. The van der Waals surface area contributed by atoms with Gasteiger partial charge in [0.05, 0.1) is 17.9 Å². The fraction of sp³-hybridized carbons (Fsp3) is 0.348. The Bertz CT molecular complexity index is 1060. The predicted octanol–water partition coefficient (Wildman–Crippen LogP) is 4.67. The zero-order valence-corrected chi connectivity index (χ0v) is 18.6. The van der Waals surface area contributed by atoms with E-state index in [-0.39, 0.29) is 11.9 Å². The predicted molar refractivity (Wildman–Crippen MR) is 119 cm³/mol. The fourth-order valence-corrected chi connectivity index (χ4v) is 4.78. The summed E-state index contributed by atoms with van der Waals surface area (Å²) in [5.74, 6) is -2.29. The van der Waals surface area contributed by atoms with Crippen molar-refractivity contribution in [1.29, 1.82) is 0 Å². The van der Waals surface area contributed by atoms with E-state index in [0.717, 1.165) is 17.8 Å². The van der Waals surface area contributed by atoms with Crippen LogP contribution in [-0.2, 0) is 5.60 Å². The summed E-state index contributed by atoms with van der Waals surface area (Å²) in [5.41, 5.74) is 0.930. The monoisotopic (exact) mass is 493 g/mol. The lowest BCUT2D eigenvalue weighted by molar-refractivity contribution is 0.0520. The van der Waals surface area contributed by atoms with Crippen molar-refractivity contribution in [2.45, 2.75) is 31.4 Å². The van der Waals surface area contributed by atoms with Gasteiger partial charge in [0.2, 0.25) is 0 Å². The van der Waals surface area contributed by atoms with Crippen LogP contribution in [0.15, 0.2) is 57.1 Å². The van der Waals surface area contributed by atoms with E-state index in [4.69, 9.17) is 0 Å². The Kier molecular flexibility index (Phi) is 6.23. The number of nitrogens with zero attached hydrogens (tertiary/aromatic N) is 2. The standard InChI is InChI=1S/C23H23BrF3N3O/c1-14-6-8-29-21(13-30(14)22-5-3-16(25)11-18(22)24)17-12-28-9-7-23(17,31)15-2-4-19(26)20(27)10-15/h2-5,8,10-11,14,28,31H,6-7,9,12-13H2,1H3/b21-17-. The van der Waals surface area contributed by atoms with Crippen molar-refractivity contribution in [3.8, 4) is 0 Å². The van der Waals surface area contributed by atoms with Crippen LogP contribution in [0.25, 0.3) is 0 Å². The van der Waals surface area contributed by atoms with Crippen LogP contribution in [0, 0.1) is 17.5 Å². The van der Waals surface area contributed by atoms with Gasteiger partial charge in [-0.2, -0.15) is 0 Å². The largest absolute Gasteiger partial charge is 0.381 e. The highest BCUT2D eigenvalue weighted by atomic mass is 79.9. The molecular formula is C23H23BrF3N3O. The molecule has 0 spiro atoms. The van der Waals surface area contributed by atoms with Crippen molar-refractivity contribution in [3.05, 3.63) is 75.2 Å². The molecule has 2 aromatic rings. The first kappa shape index (κ1) is 22.0. The zero-order chi connectivity index (χ0) is 22.2. The van der Waals surface area contributed by atoms with Crippen LogP contribution < -0.4 is 10.2 Å². The van der Waals surface area contributed by atoms with Crippen LogP contribution in [0.2, 0.25) is 0 Å². The number of anilines is 1. The Morgan fingerprint density at radius 3 is 2.71 bits per heavy atom. The summed E-state index contributed by atoms with van der Waals surface area (Å²) >= 11 is 3.45. The Morgan fingerprint density at radius 2 is 1.97 bits per heavy atom. The molecule has 0 bridgehead atoms. The summed E-state index contributed by atoms with van der Waals surface area (Å²) in [7, 11) is 0. The molecule has 0 saturated carbocycles. The van der Waals surface area contributed by atoms with E-state index in [1.54, 1.807) is 6.07 Å². The van der Waals surface area contributed by atoms with E-state index in [9.17, 15) is 18.3 Å². The molecule has 4 rings (SSSR count). The third-order valence-corrected chi connectivity index (χ3v) is 6.61. The molecule has 2 N–H and O–H groups in total. The van der Waals surface area contributed by atoms with Crippen molar-refractivity contribution >= 4 is 27.8 Å². The molecule has 2 aromatic carbocycles. The van der Waals surface area contributed by atoms with E-state index in [0.29, 0.717) is 53.8 Å². The summed E-state index contributed by atoms with van der Waals surface area (Å²) in [6.45, 7) is 3.33. The summed E-state index contributed by atoms with van der Waals surface area (Å²) < 4.78 is 41.7. The molecular weight excluding hydrogens is 471 g/mol. The Morgan fingerprint density at radius 1 is 1.16 bits per heavy atom. The van der Waals surface area contributed by atoms with E-state index in [1.807, 2.05) is 6.21 Å². The quantitative estimate of drug-likeness (QED) is 0.638. The molecule has 2 unspecified atom stereocenters. The van der Waals surface area contributed by atoms with Gasteiger partial charge in [-0.15, -0.1) is 0 Å². The van der Waals surface area contributed by atoms with Gasteiger partial charge in [-0.25, -0.2) is 13.2 Å². The lowest BCUT2D eigenvalue weighted by Crippen LogP contribution is -2.44. The minimum atomic E-state index is -1.47. The molecule has 2 aliphatic heterocycles. The first-order valence-corrected chi connectivity index (χ1v) is 10.9. The highest BCUT2D eigenvalue weighted by Crippen LogP contribution is 2.39. The molecule has 4 nitrogen and oxygen atoms in total. The van der Waals surface area contributed by atoms with Gasteiger partial charge in [0.25, 0.3) is 0 Å². The van der Waals surface area contributed by atoms with Crippen LogP contribution >= 0.6 is 15.9 Å². The molecule has 0 amide bonds. The minimum Gasteiger partial charge on any atom is -0.381 e. The first-order valence-electron chi connectivity index (χ1n) is 10.1. The minimum absolute atomic E-state index is 0.0801. The molecule has 1 saturated heterocycles. The molecule has 2 atom stereocenters. The van der Waals surface area contributed by atoms with Crippen molar-refractivity contribution in [2.24, 2.45) is 4.99 Å². The topological polar surface area (TPSA) is 47.9 Å². The molecule has 1 fully saturated rings. The van der Waals surface area contributed by atoms with Gasteiger partial charge in [-0.1, -0.05) is 6.07 Å². The normalized spacial score (nSPS) is 26.8. The van der Waals surface area contributed by atoms with Crippen LogP contribution in [0.4, 0.5) is 18.9 Å². The molecule has 2 heterocycles. The molecule has 164 valence electrons. The molecule has 0 aliphatic carbocycles. The SMILES string of the molecule is CC1CC=N/C(=C2/CNCCC2(O)c2ccc(F)c(F)c2)CN1c1ccc(F)cc1Br. The van der Waals surface area contributed by atoms with Gasteiger partial charge in [0.1, 0.15) is 11.4 Å². The van der Waals surface area contributed by atoms with Crippen molar-refractivity contribution < 1.29 is 18.3 Å². The van der Waals surface area contributed by atoms with Crippen molar-refractivity contribution in [2.75, 3.05) is 24.5 Å². The first-order chi connectivity index (χ1) is 14.8. The van der Waals surface area contributed by atoms with Gasteiger partial charge in [-0.05, 0) is 71.7 Å². The van der Waals surface area contributed by atoms with Crippen LogP contribution in [0.1, 0.15) is 25.3 Å². The van der Waals surface area contributed by atoms with E-state index < -0.39 is 17.2 Å². The third kappa shape index (κ3) is 4.29. The second-order valence-corrected chi connectivity index (χ2v) is 8.82. The Balaban J connectivity index is 1.79. The highest BCUT2D eigenvalue weighted by molar-refractivity contribution is 9.10. The van der Waals surface area contributed by atoms with Gasteiger partial charge < -0.3 is 15.3 Å². The number of aliphatic imine (C=N–C) groups is 1. The summed E-state index contributed by atoms with van der Waals surface area (Å²) in [6.07, 6.45) is 2.78. The van der Waals surface area contributed by atoms with E-state index in [1.165, 1.54) is 18.2 Å². The van der Waals surface area contributed by atoms with Gasteiger partial charge in [0, 0.05) is 35.3 Å². The maximum atomic E-state index is 14.0. The van der Waals surface area contributed by atoms with Gasteiger partial charge >= 0.3 is 0 Å². The number of nitrogens with one attached hydrogen (secondary N) is 1. The maximum absolute atomic E-state index is 14.0. The Hall–Kier alpha value is -2.16. The second kappa shape index (κ2) is 8.76. The van der Waals surface area contributed by atoms with Crippen LogP contribution in [0.3, 0.4) is 0 Å². The second-order valence-electron chi connectivity index (χ2n) is 7.96. The molecule has 2 aliphatic rings. The lowest BCUT2D eigenvalue weighted by atomic mass is 9.79. The van der Waals surface area contributed by atoms with Crippen molar-refractivity contribution in [3.63, 3.8) is 0 Å². The highest BCUT2D eigenvalue weighted by Gasteiger charge is 2.39. The summed E-state index contributed by atoms with van der Waals surface area (Å²) in [4.78, 5) is 6.73. The Labute approximate surface area is 187 Å². The van der Waals surface area contributed by atoms with Crippen LogP contribution in [0.5, 0.6) is 0 Å². The summed E-state index contributed by atoms with van der Waals surface area (Å²) in [5, 5.41) is 14.9. The zero-order valence-electron chi connectivity index (χ0n) is 17.0. The maximum Gasteiger partial charge on any atom is 0.159 e. The van der Waals surface area contributed by atoms with E-state index in [2.05, 4.69) is 38.1 Å². The number of aliphatic hydroxyl groups is 1. The summed E-state index contributed by atoms with van der Waals surface area (Å²) in [6, 6.07) is 8.13. The van der Waals surface area contributed by atoms with Gasteiger partial charge in [0.15, 0.2) is 11.6 Å². The molecule has 0 radical (unpaired) electrons. The number of hydrogen-bond donors (Lipinski definition) is 2. The average molecular weight is 494 g/mol. The number of rotatable bonds is 2. The fourth-order valence-electron chi connectivity index (χ4n) is 4.20. The number of hydrogen-bond acceptors (Lipinski definition) is 4. The third-order valence-electron chi connectivity index (χ3n) is 5.98. The number of halogens is 4. The molecule has 31 heavy (non-hydrogen) atoms. The van der Waals surface area contributed by atoms with Crippen LogP contribution in [-0.4, -0.2) is 37.0 Å². The van der Waals surface area contributed by atoms with Gasteiger partial charge in [-0.3, -0.25) is 4.99 Å². The number of benzene rings is 2. The lowest BCUT2D eigenvalue weighted by Gasteiger charge is -2.38. The molecule has 8 heteroatoms. The smallest absolute Gasteiger partial charge is 0.159 e. The molecule has 0 aromatic heterocycles. The number of piperidine rings is 1. The van der Waals surface area contributed by atoms with E-state index >= 15 is 0 Å².